The zero-order valence-electron chi connectivity index (χ0n) is 12.6. The number of aromatic nitrogens is 4. The molecule has 0 aliphatic rings. The summed E-state index contributed by atoms with van der Waals surface area (Å²) in [4.78, 5) is 12.2. The molecule has 0 unspecified atom stereocenters. The maximum atomic E-state index is 12.2. The van der Waals surface area contributed by atoms with E-state index in [1.165, 1.54) is 11.3 Å². The number of carbonyl (C=O) groups excluding carboxylic acids is 1. The summed E-state index contributed by atoms with van der Waals surface area (Å²) in [5.41, 5.74) is 2.36. The predicted octanol–water partition coefficient (Wildman–Crippen LogP) is 2.76. The van der Waals surface area contributed by atoms with E-state index in [0.29, 0.717) is 16.4 Å². The van der Waals surface area contributed by atoms with Gasteiger partial charge in [0.15, 0.2) is 0 Å². The number of aromatic hydroxyl groups is 1. The van der Waals surface area contributed by atoms with Crippen molar-refractivity contribution in [2.75, 3.05) is 5.32 Å². The largest absolute Gasteiger partial charge is 0.507 e. The second kappa shape index (κ2) is 6.17. The van der Waals surface area contributed by atoms with E-state index in [4.69, 9.17) is 0 Å². The third-order valence-corrected chi connectivity index (χ3v) is 4.22. The molecular weight excluding hydrogens is 314 g/mol. The van der Waals surface area contributed by atoms with Gasteiger partial charge in [0.2, 0.25) is 5.13 Å². The summed E-state index contributed by atoms with van der Waals surface area (Å²) in [5.74, 6) is -0.236. The molecule has 8 heteroatoms. The average Bonchev–Trinajstić information content (AvgIpc) is 3.18. The van der Waals surface area contributed by atoms with Crippen molar-refractivity contribution >= 4 is 22.4 Å². The number of H-pyrrole nitrogens is 1. The molecule has 0 aliphatic heterocycles. The van der Waals surface area contributed by atoms with Crippen molar-refractivity contribution in [3.05, 3.63) is 40.5 Å². The lowest BCUT2D eigenvalue weighted by Crippen LogP contribution is -2.12. The number of aromatic amines is 1. The maximum Gasteiger partial charge on any atom is 0.275 e. The first-order valence-corrected chi connectivity index (χ1v) is 7.87. The zero-order valence-corrected chi connectivity index (χ0v) is 13.4. The van der Waals surface area contributed by atoms with Crippen LogP contribution in [0.1, 0.15) is 28.0 Å². The van der Waals surface area contributed by atoms with Crippen molar-refractivity contribution in [1.82, 2.24) is 20.4 Å². The molecule has 118 valence electrons. The van der Waals surface area contributed by atoms with Crippen molar-refractivity contribution in [2.24, 2.45) is 0 Å². The van der Waals surface area contributed by atoms with E-state index in [2.05, 4.69) is 25.7 Å². The van der Waals surface area contributed by atoms with Gasteiger partial charge in [-0.1, -0.05) is 29.9 Å². The van der Waals surface area contributed by atoms with Gasteiger partial charge >= 0.3 is 0 Å². The van der Waals surface area contributed by atoms with E-state index in [1.807, 2.05) is 19.9 Å². The molecular formula is C15H15N5O2S. The summed E-state index contributed by atoms with van der Waals surface area (Å²) in [6, 6.07) is 6.81. The number of nitrogens with zero attached hydrogens (tertiary/aromatic N) is 3. The second-order valence-electron chi connectivity index (χ2n) is 5.00. The van der Waals surface area contributed by atoms with Crippen LogP contribution in [0.25, 0.3) is 11.3 Å². The van der Waals surface area contributed by atoms with Gasteiger partial charge in [-0.25, -0.2) is 0 Å². The monoisotopic (exact) mass is 329 g/mol. The third-order valence-electron chi connectivity index (χ3n) is 3.24. The lowest BCUT2D eigenvalue weighted by molar-refractivity contribution is 0.102. The molecule has 0 saturated heterocycles. The summed E-state index contributed by atoms with van der Waals surface area (Å²) in [6.07, 6.45) is 0.772. The van der Waals surface area contributed by atoms with Gasteiger partial charge in [-0.2, -0.15) is 5.10 Å². The van der Waals surface area contributed by atoms with E-state index in [-0.39, 0.29) is 17.4 Å². The van der Waals surface area contributed by atoms with Crippen LogP contribution in [-0.2, 0) is 6.42 Å². The number of benzene rings is 1. The molecule has 3 rings (SSSR count). The minimum atomic E-state index is -0.352. The molecule has 1 amide bonds. The van der Waals surface area contributed by atoms with Gasteiger partial charge < -0.3 is 5.11 Å². The Bertz CT molecular complexity index is 855. The number of phenolic OH excluding ortho intramolecular Hbond substituents is 1. The first kappa shape index (κ1) is 15.2. The van der Waals surface area contributed by atoms with Crippen LogP contribution in [0, 0.1) is 6.92 Å². The van der Waals surface area contributed by atoms with Gasteiger partial charge in [0.1, 0.15) is 16.5 Å². The summed E-state index contributed by atoms with van der Waals surface area (Å²) < 4.78 is 0. The highest BCUT2D eigenvalue weighted by molar-refractivity contribution is 7.15. The third kappa shape index (κ3) is 3.21. The Balaban J connectivity index is 1.81. The van der Waals surface area contributed by atoms with Gasteiger partial charge in [0.05, 0.1) is 5.69 Å². The lowest BCUT2D eigenvalue weighted by atomic mass is 10.1. The van der Waals surface area contributed by atoms with Crippen LogP contribution < -0.4 is 5.32 Å². The summed E-state index contributed by atoms with van der Waals surface area (Å²) >= 11 is 1.33. The smallest absolute Gasteiger partial charge is 0.275 e. The average molecular weight is 329 g/mol. The van der Waals surface area contributed by atoms with Crippen molar-refractivity contribution in [2.45, 2.75) is 20.3 Å². The molecule has 2 aromatic heterocycles. The maximum absolute atomic E-state index is 12.2. The number of hydrogen-bond donors (Lipinski definition) is 3. The molecule has 0 bridgehead atoms. The van der Waals surface area contributed by atoms with Crippen LogP contribution in [0.2, 0.25) is 0 Å². The minimum Gasteiger partial charge on any atom is -0.507 e. The topological polar surface area (TPSA) is 104 Å². The van der Waals surface area contributed by atoms with Gasteiger partial charge in [0, 0.05) is 5.56 Å². The van der Waals surface area contributed by atoms with E-state index < -0.39 is 0 Å². The molecule has 0 fully saturated rings. The Labute approximate surface area is 136 Å². The highest BCUT2D eigenvalue weighted by Crippen LogP contribution is 2.29. The number of anilines is 1. The highest BCUT2D eigenvalue weighted by Gasteiger charge is 2.15. The van der Waals surface area contributed by atoms with Crippen LogP contribution in [0.4, 0.5) is 5.13 Å². The van der Waals surface area contributed by atoms with E-state index >= 15 is 0 Å². The van der Waals surface area contributed by atoms with Gasteiger partial charge in [-0.3, -0.25) is 15.2 Å². The Hall–Kier alpha value is -2.74. The molecule has 0 radical (unpaired) electrons. The van der Waals surface area contributed by atoms with E-state index in [9.17, 15) is 9.90 Å². The van der Waals surface area contributed by atoms with Gasteiger partial charge in [-0.05, 0) is 31.5 Å². The van der Waals surface area contributed by atoms with Crippen molar-refractivity contribution in [3.8, 4) is 17.0 Å². The summed E-state index contributed by atoms with van der Waals surface area (Å²) in [7, 11) is 0. The molecule has 3 N–H and O–H groups in total. The fourth-order valence-electron chi connectivity index (χ4n) is 2.04. The second-order valence-corrected chi connectivity index (χ2v) is 6.06. The molecule has 0 aliphatic carbocycles. The Morgan fingerprint density at radius 3 is 2.91 bits per heavy atom. The highest BCUT2D eigenvalue weighted by atomic mass is 32.1. The Morgan fingerprint density at radius 2 is 2.17 bits per heavy atom. The zero-order chi connectivity index (χ0) is 16.4. The fraction of sp³-hybridized carbons (Fsp3) is 0.200. The molecule has 23 heavy (non-hydrogen) atoms. The van der Waals surface area contributed by atoms with Crippen molar-refractivity contribution in [1.29, 1.82) is 0 Å². The SMILES string of the molecule is CCc1nnc(NC(=O)c2cc(-c3cc(C)ccc3O)n[nH]2)s1. The number of carbonyl (C=O) groups is 1. The first-order valence-electron chi connectivity index (χ1n) is 7.06. The van der Waals surface area contributed by atoms with Crippen LogP contribution in [0.5, 0.6) is 5.75 Å². The van der Waals surface area contributed by atoms with Crippen LogP contribution >= 0.6 is 11.3 Å². The minimum absolute atomic E-state index is 0.116. The van der Waals surface area contributed by atoms with Crippen LogP contribution in [-0.4, -0.2) is 31.4 Å². The van der Waals surface area contributed by atoms with Crippen molar-refractivity contribution < 1.29 is 9.90 Å². The molecule has 3 aromatic rings. The standard InChI is InChI=1S/C15H15N5O2S/c1-3-13-19-20-15(23-13)16-14(22)11-7-10(17-18-11)9-6-8(2)4-5-12(9)21/h4-7,21H,3H2,1-2H3,(H,17,18)(H,16,20,22). The predicted molar refractivity (Wildman–Crippen MR) is 87.7 cm³/mol. The van der Waals surface area contributed by atoms with Crippen LogP contribution in [0.3, 0.4) is 0 Å². The van der Waals surface area contributed by atoms with Gasteiger partial charge in [0.25, 0.3) is 5.91 Å². The number of aryl methyl sites for hydroxylation is 2. The quantitative estimate of drug-likeness (QED) is 0.683. The summed E-state index contributed by atoms with van der Waals surface area (Å²) in [6.45, 7) is 3.89. The van der Waals surface area contributed by atoms with E-state index in [0.717, 1.165) is 17.0 Å². The molecule has 2 heterocycles. The molecule has 0 saturated carbocycles. The number of phenols is 1. The lowest BCUT2D eigenvalue weighted by Gasteiger charge is -2.01. The Kier molecular flexibility index (Phi) is 4.07. The number of amides is 1. The molecule has 1 aromatic carbocycles. The molecule has 0 spiro atoms. The first-order chi connectivity index (χ1) is 11.1. The number of hydrogen-bond acceptors (Lipinski definition) is 6. The van der Waals surface area contributed by atoms with Crippen LogP contribution in [0.15, 0.2) is 24.3 Å². The molecule has 0 atom stereocenters. The van der Waals surface area contributed by atoms with E-state index in [1.54, 1.807) is 18.2 Å². The van der Waals surface area contributed by atoms with Gasteiger partial charge in [-0.15, -0.1) is 10.2 Å². The number of nitrogens with one attached hydrogen (secondary N) is 2. The number of rotatable bonds is 4. The Morgan fingerprint density at radius 1 is 1.35 bits per heavy atom. The summed E-state index contributed by atoms with van der Waals surface area (Å²) in [5, 5.41) is 28.5. The normalized spacial score (nSPS) is 10.7. The fourth-order valence-corrected chi connectivity index (χ4v) is 2.72. The molecule has 7 nitrogen and oxygen atoms in total. The van der Waals surface area contributed by atoms with Crippen molar-refractivity contribution in [3.63, 3.8) is 0 Å².